The minimum absolute atomic E-state index is 0.105. The average molecular weight is 236 g/mol. The predicted molar refractivity (Wildman–Crippen MR) is 60.6 cm³/mol. The monoisotopic (exact) mass is 236 g/mol. The third kappa shape index (κ3) is 2.68. The number of carbonyl (C=O) groups is 1. The van der Waals surface area contributed by atoms with E-state index in [0.717, 1.165) is 0 Å². The molecule has 4 nitrogen and oxygen atoms in total. The first-order chi connectivity index (χ1) is 8.18. The van der Waals surface area contributed by atoms with Crippen molar-refractivity contribution < 1.29 is 13.9 Å². The molecule has 1 aromatic rings. The molecule has 0 bridgehead atoms. The maximum atomic E-state index is 12.7. The first-order valence-corrected chi connectivity index (χ1v) is 5.40. The number of hydrogen-bond donors (Lipinski definition) is 1. The summed E-state index contributed by atoms with van der Waals surface area (Å²) in [4.78, 5) is 13.5. The average Bonchev–Trinajstić information content (AvgIpc) is 2.39. The molecule has 1 N–H and O–H groups in total. The number of amides is 1. The maximum Gasteiger partial charge on any atom is 0.272 e. The van der Waals surface area contributed by atoms with Crippen molar-refractivity contribution in [1.29, 1.82) is 5.41 Å². The Morgan fingerprint density at radius 1 is 1.24 bits per heavy atom. The van der Waals surface area contributed by atoms with Crippen LogP contribution in [0.15, 0.2) is 24.3 Å². The molecule has 1 aliphatic rings. The van der Waals surface area contributed by atoms with E-state index in [1.807, 2.05) is 0 Å². The standard InChI is InChI=1S/C12H13FN2O2/c13-10-3-1-9(2-4-10)11(14)12(16)15-5-7-17-8-6-15/h1-4,14H,5-8H2. The fourth-order valence-electron chi connectivity index (χ4n) is 1.66. The fourth-order valence-corrected chi connectivity index (χ4v) is 1.66. The van der Waals surface area contributed by atoms with Crippen molar-refractivity contribution in [2.24, 2.45) is 0 Å². The summed E-state index contributed by atoms with van der Waals surface area (Å²) >= 11 is 0. The summed E-state index contributed by atoms with van der Waals surface area (Å²) < 4.78 is 17.9. The largest absolute Gasteiger partial charge is 0.378 e. The van der Waals surface area contributed by atoms with E-state index < -0.39 is 0 Å². The highest BCUT2D eigenvalue weighted by molar-refractivity contribution is 6.43. The molecule has 1 heterocycles. The Morgan fingerprint density at radius 3 is 2.41 bits per heavy atom. The molecule has 0 spiro atoms. The van der Waals surface area contributed by atoms with Gasteiger partial charge in [0.15, 0.2) is 0 Å². The van der Waals surface area contributed by atoms with Gasteiger partial charge in [0.2, 0.25) is 0 Å². The molecule has 1 amide bonds. The number of morpholine rings is 1. The van der Waals surface area contributed by atoms with Crippen molar-refractivity contribution in [2.45, 2.75) is 0 Å². The van der Waals surface area contributed by atoms with E-state index >= 15 is 0 Å². The molecule has 2 rings (SSSR count). The molecule has 1 aromatic carbocycles. The Balaban J connectivity index is 2.08. The Hall–Kier alpha value is -1.75. The Bertz CT molecular complexity index is 425. The molecule has 0 atom stereocenters. The summed E-state index contributed by atoms with van der Waals surface area (Å²) in [5.41, 5.74) is 0.329. The summed E-state index contributed by atoms with van der Waals surface area (Å²) in [5.74, 6) is -0.708. The minimum atomic E-state index is -0.375. The van der Waals surface area contributed by atoms with Crippen LogP contribution in [0.25, 0.3) is 0 Å². The van der Waals surface area contributed by atoms with Crippen LogP contribution in [-0.2, 0) is 9.53 Å². The molecule has 1 aliphatic heterocycles. The third-order valence-electron chi connectivity index (χ3n) is 2.65. The highest BCUT2D eigenvalue weighted by atomic mass is 19.1. The van der Waals surface area contributed by atoms with Gasteiger partial charge in [-0.3, -0.25) is 10.2 Å². The van der Waals surface area contributed by atoms with Gasteiger partial charge in [0.1, 0.15) is 11.5 Å². The summed E-state index contributed by atoms with van der Waals surface area (Å²) in [7, 11) is 0. The van der Waals surface area contributed by atoms with Crippen molar-refractivity contribution in [3.63, 3.8) is 0 Å². The fraction of sp³-hybridized carbons (Fsp3) is 0.333. The third-order valence-corrected chi connectivity index (χ3v) is 2.65. The van der Waals surface area contributed by atoms with Gasteiger partial charge in [-0.05, 0) is 24.3 Å². The van der Waals surface area contributed by atoms with Crippen molar-refractivity contribution >= 4 is 11.6 Å². The van der Waals surface area contributed by atoms with Gasteiger partial charge >= 0.3 is 0 Å². The van der Waals surface area contributed by atoms with Crippen LogP contribution in [-0.4, -0.2) is 42.8 Å². The van der Waals surface area contributed by atoms with Crippen molar-refractivity contribution in [1.82, 2.24) is 4.90 Å². The molecule has 0 aromatic heterocycles. The molecule has 0 radical (unpaired) electrons. The number of nitrogens with zero attached hydrogens (tertiary/aromatic N) is 1. The van der Waals surface area contributed by atoms with Gasteiger partial charge in [0.25, 0.3) is 5.91 Å². The van der Waals surface area contributed by atoms with E-state index in [9.17, 15) is 9.18 Å². The van der Waals surface area contributed by atoms with E-state index in [2.05, 4.69) is 0 Å². The highest BCUT2D eigenvalue weighted by Crippen LogP contribution is 2.07. The SMILES string of the molecule is N=C(C(=O)N1CCOCC1)c1ccc(F)cc1. The lowest BCUT2D eigenvalue weighted by Crippen LogP contribution is -2.44. The van der Waals surface area contributed by atoms with Crippen LogP contribution >= 0.6 is 0 Å². The van der Waals surface area contributed by atoms with Crippen LogP contribution in [0.4, 0.5) is 4.39 Å². The van der Waals surface area contributed by atoms with Crippen LogP contribution in [0.2, 0.25) is 0 Å². The first kappa shape index (κ1) is 11.7. The quantitative estimate of drug-likeness (QED) is 0.780. The van der Waals surface area contributed by atoms with E-state index in [0.29, 0.717) is 31.9 Å². The van der Waals surface area contributed by atoms with Gasteiger partial charge in [-0.15, -0.1) is 0 Å². The number of nitrogens with one attached hydrogen (secondary N) is 1. The lowest BCUT2D eigenvalue weighted by molar-refractivity contribution is -0.128. The molecule has 0 unspecified atom stereocenters. The zero-order valence-electron chi connectivity index (χ0n) is 9.28. The summed E-state index contributed by atoms with van der Waals surface area (Å²) in [6.07, 6.45) is 0. The van der Waals surface area contributed by atoms with Crippen molar-refractivity contribution in [3.8, 4) is 0 Å². The Labute approximate surface area is 98.5 Å². The van der Waals surface area contributed by atoms with Gasteiger partial charge < -0.3 is 9.64 Å². The first-order valence-electron chi connectivity index (χ1n) is 5.40. The second kappa shape index (κ2) is 5.05. The van der Waals surface area contributed by atoms with Gasteiger partial charge in [-0.1, -0.05) is 0 Å². The Morgan fingerprint density at radius 2 is 1.82 bits per heavy atom. The second-order valence-electron chi connectivity index (χ2n) is 3.79. The van der Waals surface area contributed by atoms with Crippen LogP contribution < -0.4 is 0 Å². The molecular formula is C12H13FN2O2. The summed E-state index contributed by atoms with van der Waals surface area (Å²) in [6.45, 7) is 2.01. The molecule has 1 fully saturated rings. The minimum Gasteiger partial charge on any atom is -0.378 e. The molecular weight excluding hydrogens is 223 g/mol. The number of rotatable bonds is 2. The van der Waals surface area contributed by atoms with E-state index in [1.54, 1.807) is 4.90 Å². The van der Waals surface area contributed by atoms with E-state index in [-0.39, 0.29) is 17.4 Å². The van der Waals surface area contributed by atoms with Crippen molar-refractivity contribution in [2.75, 3.05) is 26.3 Å². The van der Waals surface area contributed by atoms with E-state index in [1.165, 1.54) is 24.3 Å². The van der Waals surface area contributed by atoms with Crippen LogP contribution in [0.5, 0.6) is 0 Å². The second-order valence-corrected chi connectivity index (χ2v) is 3.79. The van der Waals surface area contributed by atoms with Gasteiger partial charge in [0.05, 0.1) is 13.2 Å². The molecule has 0 saturated carbocycles. The molecule has 0 aliphatic carbocycles. The summed E-state index contributed by atoms with van der Waals surface area (Å²) in [5, 5.41) is 7.79. The van der Waals surface area contributed by atoms with Crippen LogP contribution in [0.3, 0.4) is 0 Å². The number of carbonyl (C=O) groups excluding carboxylic acids is 1. The van der Waals surface area contributed by atoms with Crippen molar-refractivity contribution in [3.05, 3.63) is 35.6 Å². The molecule has 5 heteroatoms. The predicted octanol–water partition coefficient (Wildman–Crippen LogP) is 1.05. The Kier molecular flexibility index (Phi) is 3.49. The lowest BCUT2D eigenvalue weighted by Gasteiger charge is -2.26. The zero-order chi connectivity index (χ0) is 12.3. The number of halogens is 1. The molecule has 1 saturated heterocycles. The topological polar surface area (TPSA) is 53.4 Å². The number of ether oxygens (including phenoxy) is 1. The van der Waals surface area contributed by atoms with E-state index in [4.69, 9.17) is 10.1 Å². The van der Waals surface area contributed by atoms with Crippen LogP contribution in [0.1, 0.15) is 5.56 Å². The van der Waals surface area contributed by atoms with Gasteiger partial charge in [-0.25, -0.2) is 4.39 Å². The highest BCUT2D eigenvalue weighted by Gasteiger charge is 2.21. The molecule has 17 heavy (non-hydrogen) atoms. The number of benzene rings is 1. The number of hydrogen-bond acceptors (Lipinski definition) is 3. The van der Waals surface area contributed by atoms with Crippen LogP contribution in [0, 0.1) is 11.2 Å². The maximum absolute atomic E-state index is 12.7. The van der Waals surface area contributed by atoms with Gasteiger partial charge in [0, 0.05) is 18.7 Å². The normalized spacial score (nSPS) is 15.7. The smallest absolute Gasteiger partial charge is 0.272 e. The van der Waals surface area contributed by atoms with Gasteiger partial charge in [-0.2, -0.15) is 0 Å². The lowest BCUT2D eigenvalue weighted by atomic mass is 10.1. The summed E-state index contributed by atoms with van der Waals surface area (Å²) in [6, 6.07) is 5.37. The zero-order valence-corrected chi connectivity index (χ0v) is 9.28. The molecule has 90 valence electrons.